The zero-order valence-electron chi connectivity index (χ0n) is 18.3. The van der Waals surface area contributed by atoms with Gasteiger partial charge in [0.25, 0.3) is 0 Å². The van der Waals surface area contributed by atoms with Gasteiger partial charge < -0.3 is 20.4 Å². The van der Waals surface area contributed by atoms with Crippen LogP contribution in [-0.2, 0) is 28.7 Å². The summed E-state index contributed by atoms with van der Waals surface area (Å²) in [4.78, 5) is 36.5. The Morgan fingerprint density at radius 3 is 2.52 bits per heavy atom. The molecular formula is C22H24F3N5O3. The summed E-state index contributed by atoms with van der Waals surface area (Å²) in [6.45, 7) is 4.87. The number of nitrogens with one attached hydrogen (secondary N) is 3. The third-order valence-corrected chi connectivity index (χ3v) is 4.49. The van der Waals surface area contributed by atoms with E-state index in [2.05, 4.69) is 25.6 Å². The van der Waals surface area contributed by atoms with Gasteiger partial charge in [-0.05, 0) is 44.5 Å². The van der Waals surface area contributed by atoms with Crippen LogP contribution in [0.25, 0.3) is 11.2 Å². The molecule has 0 aliphatic heterocycles. The molecule has 176 valence electrons. The number of alkyl halides is 3. The molecule has 1 unspecified atom stereocenters. The Hall–Kier alpha value is -3.63. The third kappa shape index (κ3) is 6.67. The number of benzene rings is 1. The summed E-state index contributed by atoms with van der Waals surface area (Å²) in [5, 5.41) is 4.97. The molecule has 3 aromatic rings. The van der Waals surface area contributed by atoms with Crippen molar-refractivity contribution >= 4 is 23.2 Å². The van der Waals surface area contributed by atoms with Gasteiger partial charge in [-0.3, -0.25) is 4.79 Å². The molecule has 0 fully saturated rings. The van der Waals surface area contributed by atoms with Gasteiger partial charge in [0.15, 0.2) is 5.65 Å². The highest BCUT2D eigenvalue weighted by molar-refractivity contribution is 5.86. The second-order valence-electron chi connectivity index (χ2n) is 8.33. The number of aromatic nitrogens is 3. The fourth-order valence-electron chi connectivity index (χ4n) is 3.13. The summed E-state index contributed by atoms with van der Waals surface area (Å²) in [6, 6.07) is 7.07. The minimum absolute atomic E-state index is 0.0391. The van der Waals surface area contributed by atoms with Crippen LogP contribution in [0.2, 0.25) is 0 Å². The largest absolute Gasteiger partial charge is 0.444 e. The molecular weight excluding hydrogens is 439 g/mol. The smallest absolute Gasteiger partial charge is 0.416 e. The highest BCUT2D eigenvalue weighted by atomic mass is 19.4. The van der Waals surface area contributed by atoms with Gasteiger partial charge >= 0.3 is 12.3 Å². The van der Waals surface area contributed by atoms with E-state index in [9.17, 15) is 22.8 Å². The van der Waals surface area contributed by atoms with E-state index in [0.717, 1.165) is 6.07 Å². The normalized spacial score (nSPS) is 12.9. The molecule has 33 heavy (non-hydrogen) atoms. The number of carbonyl (C=O) groups is 2. The molecule has 1 aromatic carbocycles. The molecule has 1 atom stereocenters. The number of halogens is 3. The highest BCUT2D eigenvalue weighted by Crippen LogP contribution is 2.32. The van der Waals surface area contributed by atoms with Crippen LogP contribution in [0.3, 0.4) is 0 Å². The van der Waals surface area contributed by atoms with Crippen molar-refractivity contribution in [1.29, 1.82) is 0 Å². The lowest BCUT2D eigenvalue weighted by molar-refractivity contribution is -0.138. The first-order chi connectivity index (χ1) is 15.4. The molecule has 0 bridgehead atoms. The number of nitrogens with zero attached hydrogens (tertiary/aromatic N) is 2. The van der Waals surface area contributed by atoms with Crippen molar-refractivity contribution in [2.75, 3.05) is 0 Å². The van der Waals surface area contributed by atoms with Crippen molar-refractivity contribution in [2.45, 2.75) is 51.6 Å². The molecule has 3 N–H and O–H groups in total. The second-order valence-corrected chi connectivity index (χ2v) is 8.33. The van der Waals surface area contributed by atoms with E-state index in [0.29, 0.717) is 17.0 Å². The number of rotatable bonds is 6. The maximum Gasteiger partial charge on any atom is 0.416 e. The van der Waals surface area contributed by atoms with Gasteiger partial charge in [0.2, 0.25) is 5.91 Å². The molecule has 0 aliphatic rings. The topological polar surface area (TPSA) is 109 Å². The SMILES string of the molecule is CC(C)(C)OC(=O)NC(Cc1ccccc1C(F)(F)F)C(=O)NCc1nc2ncccc2[nH]1. The number of imidazole rings is 1. The molecule has 0 spiro atoms. The van der Waals surface area contributed by atoms with E-state index in [1.165, 1.54) is 18.2 Å². The lowest BCUT2D eigenvalue weighted by Gasteiger charge is -2.24. The Bertz CT molecular complexity index is 1100. The van der Waals surface area contributed by atoms with E-state index in [4.69, 9.17) is 4.74 Å². The Morgan fingerprint density at radius 2 is 1.85 bits per heavy atom. The fraction of sp³-hybridized carbons (Fsp3) is 0.364. The zero-order chi connectivity index (χ0) is 24.2. The summed E-state index contributed by atoms with van der Waals surface area (Å²) < 4.78 is 45.5. The number of aromatic amines is 1. The minimum atomic E-state index is -4.61. The van der Waals surface area contributed by atoms with Crippen molar-refractivity contribution in [3.63, 3.8) is 0 Å². The predicted octanol–water partition coefficient (Wildman–Crippen LogP) is 3.73. The van der Waals surface area contributed by atoms with E-state index < -0.39 is 35.4 Å². The van der Waals surface area contributed by atoms with Gasteiger partial charge in [-0.25, -0.2) is 14.8 Å². The lowest BCUT2D eigenvalue weighted by atomic mass is 9.99. The number of carbonyl (C=O) groups excluding carboxylic acids is 2. The average molecular weight is 463 g/mol. The van der Waals surface area contributed by atoms with Gasteiger partial charge in [-0.1, -0.05) is 18.2 Å². The Morgan fingerprint density at radius 1 is 1.12 bits per heavy atom. The maximum absolute atomic E-state index is 13.4. The molecule has 3 rings (SSSR count). The number of fused-ring (bicyclic) bond motifs is 1. The van der Waals surface area contributed by atoms with Gasteiger partial charge in [0.1, 0.15) is 17.5 Å². The van der Waals surface area contributed by atoms with Gasteiger partial charge in [0.05, 0.1) is 17.6 Å². The number of alkyl carbamates (subject to hydrolysis) is 1. The van der Waals surface area contributed by atoms with Gasteiger partial charge in [-0.2, -0.15) is 13.2 Å². The van der Waals surface area contributed by atoms with Crippen LogP contribution < -0.4 is 10.6 Å². The summed E-state index contributed by atoms with van der Waals surface area (Å²) >= 11 is 0. The summed E-state index contributed by atoms with van der Waals surface area (Å²) in [6.07, 6.45) is -4.34. The number of pyridine rings is 1. The first-order valence-electron chi connectivity index (χ1n) is 10.1. The minimum Gasteiger partial charge on any atom is -0.444 e. The number of hydrogen-bond acceptors (Lipinski definition) is 5. The summed E-state index contributed by atoms with van der Waals surface area (Å²) in [5.74, 6) is -0.282. The van der Waals surface area contributed by atoms with Crippen molar-refractivity contribution in [2.24, 2.45) is 0 Å². The summed E-state index contributed by atoms with van der Waals surface area (Å²) in [7, 11) is 0. The van der Waals surface area contributed by atoms with Crippen LogP contribution in [0.4, 0.5) is 18.0 Å². The van der Waals surface area contributed by atoms with Gasteiger partial charge in [-0.15, -0.1) is 0 Å². The monoisotopic (exact) mass is 463 g/mol. The van der Waals surface area contributed by atoms with E-state index in [1.807, 2.05) is 0 Å². The quantitative estimate of drug-likeness (QED) is 0.516. The van der Waals surface area contributed by atoms with E-state index in [-0.39, 0.29) is 18.5 Å². The Kier molecular flexibility index (Phi) is 6.89. The van der Waals surface area contributed by atoms with Gasteiger partial charge in [0, 0.05) is 12.6 Å². The molecule has 0 saturated carbocycles. The van der Waals surface area contributed by atoms with Crippen molar-refractivity contribution in [3.8, 4) is 0 Å². The van der Waals surface area contributed by atoms with Crippen molar-refractivity contribution in [1.82, 2.24) is 25.6 Å². The van der Waals surface area contributed by atoms with Crippen LogP contribution in [-0.4, -0.2) is 38.6 Å². The number of amides is 2. The molecule has 0 aliphatic carbocycles. The highest BCUT2D eigenvalue weighted by Gasteiger charge is 2.34. The summed E-state index contributed by atoms with van der Waals surface area (Å²) in [5.41, 5.74) is -0.726. The molecule has 0 saturated heterocycles. The Balaban J connectivity index is 1.78. The van der Waals surface area contributed by atoms with Crippen molar-refractivity contribution < 1.29 is 27.5 Å². The maximum atomic E-state index is 13.4. The number of H-pyrrole nitrogens is 1. The first-order valence-corrected chi connectivity index (χ1v) is 10.1. The van der Waals surface area contributed by atoms with Crippen LogP contribution in [0.5, 0.6) is 0 Å². The molecule has 11 heteroatoms. The predicted molar refractivity (Wildman–Crippen MR) is 114 cm³/mol. The van der Waals surface area contributed by atoms with Crippen LogP contribution >= 0.6 is 0 Å². The number of ether oxygens (including phenoxy) is 1. The van der Waals surface area contributed by atoms with E-state index in [1.54, 1.807) is 39.1 Å². The standard InChI is InChI=1S/C22H24F3N5O3/c1-21(2,3)33-20(32)29-16(11-13-7-4-5-8-14(13)22(23,24)25)19(31)27-12-17-28-15-9-6-10-26-18(15)30-17/h4-10,16H,11-12H2,1-3H3,(H,27,31)(H,29,32)(H,26,28,30). The lowest BCUT2D eigenvalue weighted by Crippen LogP contribution is -2.49. The van der Waals surface area contributed by atoms with Crippen LogP contribution in [0, 0.1) is 0 Å². The van der Waals surface area contributed by atoms with Crippen LogP contribution in [0.1, 0.15) is 37.7 Å². The third-order valence-electron chi connectivity index (χ3n) is 4.49. The number of hydrogen-bond donors (Lipinski definition) is 3. The Labute approximate surface area is 188 Å². The van der Waals surface area contributed by atoms with Crippen LogP contribution in [0.15, 0.2) is 42.6 Å². The molecule has 8 nitrogen and oxygen atoms in total. The van der Waals surface area contributed by atoms with E-state index >= 15 is 0 Å². The second kappa shape index (κ2) is 9.47. The first kappa shape index (κ1) is 24.0. The molecule has 2 heterocycles. The average Bonchev–Trinajstić information content (AvgIpc) is 3.13. The molecule has 2 amide bonds. The molecule has 0 radical (unpaired) electrons. The zero-order valence-corrected chi connectivity index (χ0v) is 18.3. The van der Waals surface area contributed by atoms with Crippen molar-refractivity contribution in [3.05, 3.63) is 59.5 Å². The molecule has 2 aromatic heterocycles. The fourth-order valence-corrected chi connectivity index (χ4v) is 3.13.